The summed E-state index contributed by atoms with van der Waals surface area (Å²) in [7, 11) is 1.07. The molecular weight excluding hydrogens is 445 g/mol. The number of benzene rings is 2. The first-order valence-electron chi connectivity index (χ1n) is 8.38. The highest BCUT2D eigenvalue weighted by Gasteiger charge is 2.30. The average Bonchev–Trinajstić information content (AvgIpc) is 2.71. The highest BCUT2D eigenvalue weighted by molar-refractivity contribution is 6.10. The number of nitriles is 1. The number of nitro benzene ring substituents is 1. The Labute approximate surface area is 176 Å². The Morgan fingerprint density at radius 3 is 2.47 bits per heavy atom. The third kappa shape index (κ3) is 5.91. The van der Waals surface area contributed by atoms with E-state index in [1.807, 2.05) is 0 Å². The molecule has 8 nitrogen and oxygen atoms in total. The lowest BCUT2D eigenvalue weighted by Gasteiger charge is -2.11. The molecule has 2 aromatic rings. The lowest BCUT2D eigenvalue weighted by atomic mass is 10.1. The first kappa shape index (κ1) is 24.1. The molecule has 0 fully saturated rings. The third-order valence-corrected chi connectivity index (χ3v) is 3.84. The predicted molar refractivity (Wildman–Crippen MR) is 99.9 cm³/mol. The molecule has 1 amide bonds. The summed E-state index contributed by atoms with van der Waals surface area (Å²) < 4.78 is 72.5. The van der Waals surface area contributed by atoms with Gasteiger partial charge in [-0.3, -0.25) is 14.9 Å². The van der Waals surface area contributed by atoms with Crippen molar-refractivity contribution in [1.82, 2.24) is 0 Å². The standard InChI is InChI=1S/C19H12F5N3O5/c1-31-15-6-10(14(27(29)30)8-16(15)32-18(20)21)5-11(9-25)17(28)26-13-4-2-3-12(7-13)19(22,23)24/h2-8,18H,1H3,(H,26,28)/b11-5+. The molecule has 2 rings (SSSR count). The van der Waals surface area contributed by atoms with Crippen molar-refractivity contribution in [2.24, 2.45) is 0 Å². The van der Waals surface area contributed by atoms with E-state index in [2.05, 4.69) is 10.1 Å². The zero-order valence-corrected chi connectivity index (χ0v) is 15.9. The van der Waals surface area contributed by atoms with Gasteiger partial charge in [0.2, 0.25) is 0 Å². The van der Waals surface area contributed by atoms with Crippen molar-refractivity contribution in [1.29, 1.82) is 5.26 Å². The molecule has 0 atom stereocenters. The maximum atomic E-state index is 12.8. The van der Waals surface area contributed by atoms with Gasteiger partial charge >= 0.3 is 12.8 Å². The Balaban J connectivity index is 2.45. The van der Waals surface area contributed by atoms with Gasteiger partial charge in [-0.1, -0.05) is 6.07 Å². The van der Waals surface area contributed by atoms with Crippen molar-refractivity contribution in [3.05, 3.63) is 63.2 Å². The summed E-state index contributed by atoms with van der Waals surface area (Å²) in [5.74, 6) is -2.16. The van der Waals surface area contributed by atoms with Crippen molar-refractivity contribution in [3.8, 4) is 17.6 Å². The molecule has 0 aromatic heterocycles. The maximum Gasteiger partial charge on any atom is 0.416 e. The van der Waals surface area contributed by atoms with Gasteiger partial charge in [0.15, 0.2) is 11.5 Å². The van der Waals surface area contributed by atoms with Gasteiger partial charge in [-0.2, -0.15) is 27.2 Å². The molecule has 0 bridgehead atoms. The monoisotopic (exact) mass is 457 g/mol. The number of alkyl halides is 5. The Kier molecular flexibility index (Phi) is 7.32. The van der Waals surface area contributed by atoms with Crippen molar-refractivity contribution in [3.63, 3.8) is 0 Å². The number of hydrogen-bond acceptors (Lipinski definition) is 6. The molecule has 0 saturated carbocycles. The van der Waals surface area contributed by atoms with Crippen LogP contribution in [0.4, 0.5) is 33.3 Å². The quantitative estimate of drug-likeness (QED) is 0.211. The lowest BCUT2D eigenvalue weighted by Crippen LogP contribution is -2.14. The van der Waals surface area contributed by atoms with Gasteiger partial charge in [0.1, 0.15) is 11.6 Å². The molecule has 1 N–H and O–H groups in total. The Hall–Kier alpha value is -4.21. The van der Waals surface area contributed by atoms with Crippen LogP contribution in [0.5, 0.6) is 11.5 Å². The molecule has 2 aromatic carbocycles. The summed E-state index contributed by atoms with van der Waals surface area (Å²) in [6.45, 7) is -3.31. The van der Waals surface area contributed by atoms with Crippen molar-refractivity contribution in [2.75, 3.05) is 12.4 Å². The van der Waals surface area contributed by atoms with Crippen LogP contribution in [0, 0.1) is 21.4 Å². The number of methoxy groups -OCH3 is 1. The highest BCUT2D eigenvalue weighted by Crippen LogP contribution is 2.37. The normalized spacial score (nSPS) is 11.6. The second kappa shape index (κ2) is 9.73. The number of anilines is 1. The molecule has 32 heavy (non-hydrogen) atoms. The molecule has 0 radical (unpaired) electrons. The topological polar surface area (TPSA) is 114 Å². The maximum absolute atomic E-state index is 12.8. The van der Waals surface area contributed by atoms with Gasteiger partial charge in [-0.05, 0) is 30.3 Å². The van der Waals surface area contributed by atoms with E-state index < -0.39 is 46.2 Å². The van der Waals surface area contributed by atoms with Crippen molar-refractivity contribution >= 4 is 23.4 Å². The van der Waals surface area contributed by atoms with E-state index in [0.717, 1.165) is 37.5 Å². The van der Waals surface area contributed by atoms with Crippen LogP contribution in [0.1, 0.15) is 11.1 Å². The van der Waals surface area contributed by atoms with E-state index >= 15 is 0 Å². The van der Waals surface area contributed by atoms with Crippen molar-refractivity contribution in [2.45, 2.75) is 12.8 Å². The summed E-state index contributed by atoms with van der Waals surface area (Å²) in [5.41, 5.74) is -3.20. The number of nitro groups is 1. The van der Waals surface area contributed by atoms with Crippen LogP contribution in [-0.2, 0) is 11.0 Å². The number of carbonyl (C=O) groups is 1. The Morgan fingerprint density at radius 1 is 1.25 bits per heavy atom. The van der Waals surface area contributed by atoms with Gasteiger partial charge in [-0.25, -0.2) is 0 Å². The largest absolute Gasteiger partial charge is 0.493 e. The molecule has 0 heterocycles. The fourth-order valence-electron chi connectivity index (χ4n) is 2.46. The van der Waals surface area contributed by atoms with Crippen molar-refractivity contribution < 1.29 is 41.1 Å². The summed E-state index contributed by atoms with van der Waals surface area (Å²) in [6, 6.07) is 6.58. The molecule has 0 aliphatic heterocycles. The van der Waals surface area contributed by atoms with Crippen LogP contribution in [0.25, 0.3) is 6.08 Å². The Morgan fingerprint density at radius 2 is 1.94 bits per heavy atom. The minimum atomic E-state index is -4.67. The number of nitrogens with zero attached hydrogens (tertiary/aromatic N) is 2. The average molecular weight is 457 g/mol. The number of nitrogens with one attached hydrogen (secondary N) is 1. The van der Waals surface area contributed by atoms with Crippen LogP contribution in [0.3, 0.4) is 0 Å². The van der Waals surface area contributed by atoms with Crippen LogP contribution >= 0.6 is 0 Å². The minimum absolute atomic E-state index is 0.279. The second-order valence-corrected chi connectivity index (χ2v) is 5.90. The molecule has 0 aliphatic rings. The van der Waals surface area contributed by atoms with E-state index in [1.165, 1.54) is 6.07 Å². The van der Waals surface area contributed by atoms with Crippen LogP contribution in [-0.4, -0.2) is 24.6 Å². The molecule has 0 unspecified atom stereocenters. The fourth-order valence-corrected chi connectivity index (χ4v) is 2.46. The van der Waals surface area contributed by atoms with Crippen LogP contribution in [0.15, 0.2) is 42.0 Å². The highest BCUT2D eigenvalue weighted by atomic mass is 19.4. The summed E-state index contributed by atoms with van der Waals surface area (Å²) >= 11 is 0. The van der Waals surface area contributed by atoms with E-state index in [4.69, 9.17) is 4.74 Å². The number of carbonyl (C=O) groups excluding carboxylic acids is 1. The summed E-state index contributed by atoms with van der Waals surface area (Å²) in [5, 5.41) is 22.7. The minimum Gasteiger partial charge on any atom is -0.493 e. The van der Waals surface area contributed by atoms with Gasteiger partial charge in [0, 0.05) is 5.69 Å². The number of amides is 1. The van der Waals surface area contributed by atoms with E-state index in [9.17, 15) is 42.1 Å². The van der Waals surface area contributed by atoms with E-state index in [0.29, 0.717) is 12.1 Å². The molecule has 0 aliphatic carbocycles. The third-order valence-electron chi connectivity index (χ3n) is 3.84. The molecule has 0 spiro atoms. The van der Waals surface area contributed by atoms with Gasteiger partial charge in [0.05, 0.1) is 29.2 Å². The van der Waals surface area contributed by atoms with E-state index in [-0.39, 0.29) is 17.0 Å². The molecule has 0 saturated heterocycles. The van der Waals surface area contributed by atoms with Crippen LogP contribution < -0.4 is 14.8 Å². The SMILES string of the molecule is COc1cc(/C=C(\C#N)C(=O)Nc2cccc(C(F)(F)F)c2)c([N+](=O)[O-])cc1OC(F)F. The first-order chi connectivity index (χ1) is 15.0. The first-order valence-corrected chi connectivity index (χ1v) is 8.38. The summed E-state index contributed by atoms with van der Waals surface area (Å²) in [6.07, 6.45) is -3.91. The molecular formula is C19H12F5N3O5. The predicted octanol–water partition coefficient (Wildman–Crippen LogP) is 4.77. The fraction of sp³-hybridized carbons (Fsp3) is 0.158. The van der Waals surface area contributed by atoms with Crippen LogP contribution in [0.2, 0.25) is 0 Å². The zero-order valence-electron chi connectivity index (χ0n) is 15.9. The number of hydrogen-bond donors (Lipinski definition) is 1. The summed E-state index contributed by atoms with van der Waals surface area (Å²) in [4.78, 5) is 22.7. The smallest absolute Gasteiger partial charge is 0.416 e. The van der Waals surface area contributed by atoms with Gasteiger partial charge in [0.25, 0.3) is 11.6 Å². The second-order valence-electron chi connectivity index (χ2n) is 5.90. The Bertz CT molecular complexity index is 1110. The van der Waals surface area contributed by atoms with Gasteiger partial charge < -0.3 is 14.8 Å². The number of ether oxygens (including phenoxy) is 2. The zero-order chi connectivity index (χ0) is 24.1. The van der Waals surface area contributed by atoms with Gasteiger partial charge in [-0.15, -0.1) is 0 Å². The lowest BCUT2D eigenvalue weighted by molar-refractivity contribution is -0.385. The number of rotatable bonds is 7. The van der Waals surface area contributed by atoms with E-state index in [1.54, 1.807) is 0 Å². The molecule has 168 valence electrons. The number of halogens is 5. The molecule has 13 heteroatoms.